The molecule has 7 heteroatoms. The Morgan fingerprint density at radius 1 is 1.11 bits per heavy atom. The number of ether oxygens (including phenoxy) is 1. The lowest BCUT2D eigenvalue weighted by atomic mass is 9.60. The van der Waals surface area contributed by atoms with Crippen LogP contribution in [0.25, 0.3) is 0 Å². The van der Waals surface area contributed by atoms with E-state index in [0.717, 1.165) is 19.3 Å². The van der Waals surface area contributed by atoms with E-state index in [-0.39, 0.29) is 30.5 Å². The van der Waals surface area contributed by atoms with E-state index in [1.165, 1.54) is 31.8 Å². The molecule has 4 aliphatic carbocycles. The van der Waals surface area contributed by atoms with Crippen molar-refractivity contribution < 1.29 is 34.8 Å². The van der Waals surface area contributed by atoms with Gasteiger partial charge in [-0.25, -0.2) is 0 Å². The number of carbonyl (C=O) groups excluding carboxylic acids is 2. The molecule has 4 aliphatic rings. The average Bonchev–Trinajstić information content (AvgIpc) is 3.31. The molecule has 4 N–H and O–H groups in total. The fourth-order valence-corrected chi connectivity index (χ4v) is 8.27. The highest BCUT2D eigenvalue weighted by molar-refractivity contribution is 6.06. The molecule has 208 valence electrons. The van der Waals surface area contributed by atoms with Gasteiger partial charge in [-0.05, 0) is 42.4 Å². The summed E-state index contributed by atoms with van der Waals surface area (Å²) in [5.74, 6) is -2.89. The van der Waals surface area contributed by atoms with Crippen molar-refractivity contribution in [1.82, 2.24) is 0 Å². The van der Waals surface area contributed by atoms with E-state index in [9.17, 15) is 30.0 Å². The van der Waals surface area contributed by atoms with Gasteiger partial charge in [0.1, 0.15) is 11.2 Å². The standard InChI is InChI=1S/C30H46O7/c1-6-7-8-9-10-11-12-13-22(32)37-30-24(27(30,4)5)21-14-20(17-31)16-29(36)25(33)18(2)15-28(29,35)23(21)19(3)26(30)34/h14-15,19,21,23-24,26,31,34-36H,6-13,16-17H2,1-5H3/t19-,21+,23-,24+,26+,28+,29-,30+/m0/s1. The van der Waals surface area contributed by atoms with E-state index in [2.05, 4.69) is 6.92 Å². The highest BCUT2D eigenvalue weighted by Gasteiger charge is 2.85. The first-order valence-electron chi connectivity index (χ1n) is 14.2. The Kier molecular flexibility index (Phi) is 7.61. The first-order chi connectivity index (χ1) is 17.3. The first kappa shape index (κ1) is 28.5. The smallest absolute Gasteiger partial charge is 0.306 e. The van der Waals surface area contributed by atoms with Crippen molar-refractivity contribution in [3.05, 3.63) is 23.3 Å². The quantitative estimate of drug-likeness (QED) is 0.198. The van der Waals surface area contributed by atoms with E-state index >= 15 is 0 Å². The monoisotopic (exact) mass is 518 g/mol. The minimum Gasteiger partial charge on any atom is -0.455 e. The van der Waals surface area contributed by atoms with Crippen LogP contribution in [0.2, 0.25) is 0 Å². The number of aliphatic hydroxyl groups excluding tert-OH is 2. The van der Waals surface area contributed by atoms with Crippen molar-refractivity contribution in [3.8, 4) is 0 Å². The third-order valence-electron chi connectivity index (χ3n) is 10.2. The van der Waals surface area contributed by atoms with E-state index in [0.29, 0.717) is 12.0 Å². The second kappa shape index (κ2) is 9.89. The Bertz CT molecular complexity index is 982. The fourth-order valence-electron chi connectivity index (χ4n) is 8.27. The minimum absolute atomic E-state index is 0.180. The summed E-state index contributed by atoms with van der Waals surface area (Å²) in [7, 11) is 0. The third kappa shape index (κ3) is 4.07. The van der Waals surface area contributed by atoms with Crippen LogP contribution in [0.5, 0.6) is 0 Å². The molecule has 7 nitrogen and oxygen atoms in total. The maximum atomic E-state index is 13.1. The molecule has 0 unspecified atom stereocenters. The molecule has 8 atom stereocenters. The molecule has 0 radical (unpaired) electrons. The topological polar surface area (TPSA) is 124 Å². The van der Waals surface area contributed by atoms with Gasteiger partial charge in [-0.1, -0.05) is 72.3 Å². The lowest BCUT2D eigenvalue weighted by Gasteiger charge is -2.50. The number of Topliss-reactive ketones (excluding diaryl/α,β-unsaturated/α-hetero) is 1. The van der Waals surface area contributed by atoms with Crippen LogP contribution in [-0.4, -0.2) is 61.7 Å². The summed E-state index contributed by atoms with van der Waals surface area (Å²) in [5, 5.41) is 45.4. The van der Waals surface area contributed by atoms with Crippen LogP contribution in [0.4, 0.5) is 0 Å². The highest BCUT2D eigenvalue weighted by Crippen LogP contribution is 2.76. The van der Waals surface area contributed by atoms with Gasteiger partial charge in [-0.3, -0.25) is 9.59 Å². The number of hydrogen-bond donors (Lipinski definition) is 4. The van der Waals surface area contributed by atoms with Crippen molar-refractivity contribution in [2.45, 2.75) is 115 Å². The Labute approximate surface area is 221 Å². The summed E-state index contributed by atoms with van der Waals surface area (Å²) in [6, 6.07) is 0. The summed E-state index contributed by atoms with van der Waals surface area (Å²) < 4.78 is 6.16. The molecule has 2 fully saturated rings. The number of aliphatic hydroxyl groups is 4. The van der Waals surface area contributed by atoms with E-state index in [4.69, 9.17) is 4.74 Å². The van der Waals surface area contributed by atoms with Crippen molar-refractivity contribution in [3.63, 3.8) is 0 Å². The van der Waals surface area contributed by atoms with Crippen LogP contribution in [0.3, 0.4) is 0 Å². The lowest BCUT2D eigenvalue weighted by molar-refractivity contribution is -0.202. The molecule has 0 aromatic carbocycles. The summed E-state index contributed by atoms with van der Waals surface area (Å²) in [4.78, 5) is 26.1. The van der Waals surface area contributed by atoms with Gasteiger partial charge in [0.15, 0.2) is 11.4 Å². The number of carbonyl (C=O) groups is 2. The van der Waals surface area contributed by atoms with Crippen molar-refractivity contribution in [1.29, 1.82) is 0 Å². The zero-order valence-corrected chi connectivity index (χ0v) is 23.1. The molecule has 0 aromatic rings. The van der Waals surface area contributed by atoms with E-state index in [1.807, 2.05) is 19.9 Å². The van der Waals surface area contributed by atoms with Crippen molar-refractivity contribution in [2.75, 3.05) is 6.61 Å². The molecule has 37 heavy (non-hydrogen) atoms. The lowest BCUT2D eigenvalue weighted by Crippen LogP contribution is -2.64. The van der Waals surface area contributed by atoms with Gasteiger partial charge < -0.3 is 25.2 Å². The van der Waals surface area contributed by atoms with Gasteiger partial charge in [0.25, 0.3) is 0 Å². The molecule has 2 saturated carbocycles. The van der Waals surface area contributed by atoms with Gasteiger partial charge in [0, 0.05) is 30.1 Å². The van der Waals surface area contributed by atoms with Crippen LogP contribution in [0.15, 0.2) is 23.3 Å². The molecular weight excluding hydrogens is 472 g/mol. The van der Waals surface area contributed by atoms with Gasteiger partial charge in [-0.15, -0.1) is 0 Å². The number of hydrogen-bond acceptors (Lipinski definition) is 7. The number of unbranched alkanes of at least 4 members (excludes halogenated alkanes) is 6. The number of esters is 1. The first-order valence-corrected chi connectivity index (χ1v) is 14.2. The van der Waals surface area contributed by atoms with Gasteiger partial charge in [-0.2, -0.15) is 0 Å². The molecule has 0 aliphatic heterocycles. The molecule has 0 saturated heterocycles. The SMILES string of the molecule is CCCCCCCCCC(=O)O[C@@]12[C@H](O)[C@@H](C)[C@H]3[C@@H](C=C(CO)C[C@]4(O)C(=O)C(C)=C[C@@]34O)[C@@H]1C2(C)C. The number of allylic oxidation sites excluding steroid dienone is 1. The Morgan fingerprint density at radius 2 is 1.73 bits per heavy atom. The normalized spacial score (nSPS) is 41.6. The number of ketones is 1. The summed E-state index contributed by atoms with van der Waals surface area (Å²) >= 11 is 0. The fraction of sp³-hybridized carbons (Fsp3) is 0.800. The highest BCUT2D eigenvalue weighted by atomic mass is 16.6. The molecule has 0 heterocycles. The maximum Gasteiger partial charge on any atom is 0.306 e. The van der Waals surface area contributed by atoms with Crippen LogP contribution >= 0.6 is 0 Å². The molecular formula is C30H46O7. The third-order valence-corrected chi connectivity index (χ3v) is 10.2. The van der Waals surface area contributed by atoms with Crippen LogP contribution in [-0.2, 0) is 14.3 Å². The number of fused-ring (bicyclic) bond motifs is 5. The Morgan fingerprint density at radius 3 is 2.35 bits per heavy atom. The molecule has 0 amide bonds. The second-order valence-corrected chi connectivity index (χ2v) is 12.7. The van der Waals surface area contributed by atoms with Gasteiger partial charge in [0.2, 0.25) is 0 Å². The second-order valence-electron chi connectivity index (χ2n) is 12.7. The summed E-state index contributed by atoms with van der Waals surface area (Å²) in [6.07, 6.45) is 9.98. The van der Waals surface area contributed by atoms with Crippen LogP contribution in [0.1, 0.15) is 92.4 Å². The van der Waals surface area contributed by atoms with Crippen LogP contribution < -0.4 is 0 Å². The molecule has 0 spiro atoms. The zero-order chi connectivity index (χ0) is 27.4. The number of rotatable bonds is 10. The van der Waals surface area contributed by atoms with Crippen LogP contribution in [0, 0.1) is 29.1 Å². The predicted octanol–water partition coefficient (Wildman–Crippen LogP) is 3.62. The minimum atomic E-state index is -2.11. The van der Waals surface area contributed by atoms with Crippen molar-refractivity contribution in [2.24, 2.45) is 29.1 Å². The van der Waals surface area contributed by atoms with Crippen molar-refractivity contribution >= 4 is 11.8 Å². The Balaban J connectivity index is 1.58. The average molecular weight is 519 g/mol. The zero-order valence-electron chi connectivity index (χ0n) is 23.1. The maximum absolute atomic E-state index is 13.1. The summed E-state index contributed by atoms with van der Waals surface area (Å²) in [5.41, 5.74) is -4.97. The van der Waals surface area contributed by atoms with Gasteiger partial charge in [0.05, 0.1) is 12.7 Å². The summed E-state index contributed by atoms with van der Waals surface area (Å²) in [6.45, 7) is 9.12. The van der Waals surface area contributed by atoms with E-state index in [1.54, 1.807) is 13.8 Å². The van der Waals surface area contributed by atoms with Gasteiger partial charge >= 0.3 is 5.97 Å². The molecule has 0 bridgehead atoms. The largest absolute Gasteiger partial charge is 0.455 e. The molecule has 4 rings (SSSR count). The van der Waals surface area contributed by atoms with E-state index < -0.39 is 51.9 Å². The predicted molar refractivity (Wildman–Crippen MR) is 139 cm³/mol. The molecule has 0 aromatic heterocycles. The Hall–Kier alpha value is -1.54.